The molecule has 1 rings (SSSR count). The SMILES string of the molecule is CCCNC(CC(C)CCC)c1cccc(F)c1. The molecular weight excluding hydrogens is 225 g/mol. The van der Waals surface area contributed by atoms with Crippen molar-refractivity contribution in [3.05, 3.63) is 35.6 Å². The van der Waals surface area contributed by atoms with Gasteiger partial charge in [-0.05, 0) is 43.0 Å². The molecule has 0 aliphatic rings. The number of rotatable bonds is 8. The van der Waals surface area contributed by atoms with Gasteiger partial charge in [0.15, 0.2) is 0 Å². The van der Waals surface area contributed by atoms with E-state index >= 15 is 0 Å². The molecule has 0 aliphatic heterocycles. The van der Waals surface area contributed by atoms with Gasteiger partial charge in [0.2, 0.25) is 0 Å². The van der Waals surface area contributed by atoms with E-state index in [1.54, 1.807) is 12.1 Å². The summed E-state index contributed by atoms with van der Waals surface area (Å²) in [5.74, 6) is 0.534. The summed E-state index contributed by atoms with van der Waals surface area (Å²) in [6.45, 7) is 7.64. The molecule has 0 heterocycles. The van der Waals surface area contributed by atoms with Crippen LogP contribution in [0.2, 0.25) is 0 Å². The van der Waals surface area contributed by atoms with Crippen molar-refractivity contribution < 1.29 is 4.39 Å². The molecule has 0 aromatic heterocycles. The fourth-order valence-corrected chi connectivity index (χ4v) is 2.39. The minimum atomic E-state index is -0.140. The second kappa shape index (κ2) is 8.25. The van der Waals surface area contributed by atoms with Gasteiger partial charge in [0, 0.05) is 6.04 Å². The smallest absolute Gasteiger partial charge is 0.123 e. The molecule has 0 radical (unpaired) electrons. The molecule has 18 heavy (non-hydrogen) atoms. The lowest BCUT2D eigenvalue weighted by Crippen LogP contribution is -2.24. The maximum Gasteiger partial charge on any atom is 0.123 e. The predicted octanol–water partition coefficient (Wildman–Crippen LogP) is 4.69. The quantitative estimate of drug-likeness (QED) is 0.706. The Bertz CT molecular complexity index is 338. The van der Waals surface area contributed by atoms with Crippen molar-refractivity contribution in [1.29, 1.82) is 0 Å². The highest BCUT2D eigenvalue weighted by atomic mass is 19.1. The number of hydrogen-bond donors (Lipinski definition) is 1. The molecular formula is C16H26FN. The Morgan fingerprint density at radius 3 is 2.61 bits per heavy atom. The van der Waals surface area contributed by atoms with Crippen molar-refractivity contribution in [2.24, 2.45) is 5.92 Å². The van der Waals surface area contributed by atoms with Crippen LogP contribution in [0.3, 0.4) is 0 Å². The predicted molar refractivity (Wildman–Crippen MR) is 76.1 cm³/mol. The zero-order chi connectivity index (χ0) is 13.4. The van der Waals surface area contributed by atoms with Gasteiger partial charge in [-0.2, -0.15) is 0 Å². The first kappa shape index (κ1) is 15.2. The Morgan fingerprint density at radius 2 is 2.00 bits per heavy atom. The van der Waals surface area contributed by atoms with E-state index in [1.807, 2.05) is 6.07 Å². The van der Waals surface area contributed by atoms with E-state index in [0.29, 0.717) is 5.92 Å². The summed E-state index contributed by atoms with van der Waals surface area (Å²) in [5.41, 5.74) is 1.08. The Kier molecular flexibility index (Phi) is 6.96. The Hall–Kier alpha value is -0.890. The molecule has 1 aromatic rings. The summed E-state index contributed by atoms with van der Waals surface area (Å²) < 4.78 is 13.3. The van der Waals surface area contributed by atoms with E-state index in [2.05, 4.69) is 26.1 Å². The third kappa shape index (κ3) is 5.18. The molecule has 0 saturated heterocycles. The third-order valence-electron chi connectivity index (χ3n) is 3.31. The van der Waals surface area contributed by atoms with Crippen molar-refractivity contribution in [2.75, 3.05) is 6.54 Å². The summed E-state index contributed by atoms with van der Waals surface area (Å²) in [6.07, 6.45) is 4.63. The standard InChI is InChI=1S/C16H26FN/c1-4-7-13(3)11-16(18-10-5-2)14-8-6-9-15(17)12-14/h6,8-9,12-13,16,18H,4-5,7,10-11H2,1-3H3. The van der Waals surface area contributed by atoms with Gasteiger partial charge in [-0.1, -0.05) is 45.7 Å². The van der Waals surface area contributed by atoms with Gasteiger partial charge < -0.3 is 5.32 Å². The Balaban J connectivity index is 2.70. The summed E-state index contributed by atoms with van der Waals surface area (Å²) >= 11 is 0. The number of halogens is 1. The monoisotopic (exact) mass is 251 g/mol. The van der Waals surface area contributed by atoms with E-state index in [4.69, 9.17) is 0 Å². The fourth-order valence-electron chi connectivity index (χ4n) is 2.39. The number of nitrogens with one attached hydrogen (secondary N) is 1. The third-order valence-corrected chi connectivity index (χ3v) is 3.31. The zero-order valence-electron chi connectivity index (χ0n) is 11.9. The highest BCUT2D eigenvalue weighted by Crippen LogP contribution is 2.24. The van der Waals surface area contributed by atoms with Crippen LogP contribution in [0.5, 0.6) is 0 Å². The molecule has 2 atom stereocenters. The first-order chi connectivity index (χ1) is 8.67. The molecule has 2 heteroatoms. The van der Waals surface area contributed by atoms with Gasteiger partial charge in [0.25, 0.3) is 0 Å². The maximum atomic E-state index is 13.3. The molecule has 0 fully saturated rings. The minimum absolute atomic E-state index is 0.140. The van der Waals surface area contributed by atoms with Crippen LogP contribution in [-0.4, -0.2) is 6.54 Å². The summed E-state index contributed by atoms with van der Waals surface area (Å²) in [6, 6.07) is 7.27. The lowest BCUT2D eigenvalue weighted by atomic mass is 9.93. The van der Waals surface area contributed by atoms with Crippen molar-refractivity contribution in [3.63, 3.8) is 0 Å². The second-order valence-corrected chi connectivity index (χ2v) is 5.19. The Labute approximate surface area is 111 Å². The molecule has 1 nitrogen and oxygen atoms in total. The Morgan fingerprint density at radius 1 is 1.22 bits per heavy atom. The van der Waals surface area contributed by atoms with Gasteiger partial charge in [-0.15, -0.1) is 0 Å². The molecule has 1 N–H and O–H groups in total. The van der Waals surface area contributed by atoms with E-state index in [-0.39, 0.29) is 11.9 Å². The van der Waals surface area contributed by atoms with E-state index < -0.39 is 0 Å². The maximum absolute atomic E-state index is 13.3. The molecule has 0 aliphatic carbocycles. The molecule has 1 aromatic carbocycles. The van der Waals surface area contributed by atoms with E-state index in [9.17, 15) is 4.39 Å². The molecule has 0 amide bonds. The van der Waals surface area contributed by atoms with Crippen molar-refractivity contribution >= 4 is 0 Å². The first-order valence-electron chi connectivity index (χ1n) is 7.16. The average molecular weight is 251 g/mol. The largest absolute Gasteiger partial charge is 0.310 e. The van der Waals surface area contributed by atoms with Gasteiger partial charge in [-0.25, -0.2) is 4.39 Å². The minimum Gasteiger partial charge on any atom is -0.310 e. The molecule has 0 bridgehead atoms. The van der Waals surface area contributed by atoms with Crippen LogP contribution in [0.15, 0.2) is 24.3 Å². The van der Waals surface area contributed by atoms with Crippen LogP contribution in [0.25, 0.3) is 0 Å². The summed E-state index contributed by atoms with van der Waals surface area (Å²) in [5, 5.41) is 3.54. The molecule has 0 spiro atoms. The summed E-state index contributed by atoms with van der Waals surface area (Å²) in [7, 11) is 0. The fraction of sp³-hybridized carbons (Fsp3) is 0.625. The molecule has 102 valence electrons. The second-order valence-electron chi connectivity index (χ2n) is 5.19. The molecule has 0 saturated carbocycles. The van der Waals surface area contributed by atoms with E-state index in [0.717, 1.165) is 24.9 Å². The number of hydrogen-bond acceptors (Lipinski definition) is 1. The van der Waals surface area contributed by atoms with Crippen LogP contribution in [0.1, 0.15) is 58.1 Å². The van der Waals surface area contributed by atoms with Gasteiger partial charge in [0.05, 0.1) is 0 Å². The van der Waals surface area contributed by atoms with Gasteiger partial charge in [-0.3, -0.25) is 0 Å². The number of benzene rings is 1. The normalized spacial score (nSPS) is 14.4. The lowest BCUT2D eigenvalue weighted by molar-refractivity contribution is 0.389. The molecule has 2 unspecified atom stereocenters. The van der Waals surface area contributed by atoms with Gasteiger partial charge >= 0.3 is 0 Å². The van der Waals surface area contributed by atoms with Crippen molar-refractivity contribution in [2.45, 2.75) is 52.5 Å². The zero-order valence-corrected chi connectivity index (χ0v) is 11.9. The highest BCUT2D eigenvalue weighted by molar-refractivity contribution is 5.20. The lowest BCUT2D eigenvalue weighted by Gasteiger charge is -2.22. The van der Waals surface area contributed by atoms with Crippen LogP contribution >= 0.6 is 0 Å². The highest BCUT2D eigenvalue weighted by Gasteiger charge is 2.14. The van der Waals surface area contributed by atoms with Crippen molar-refractivity contribution in [1.82, 2.24) is 5.32 Å². The van der Waals surface area contributed by atoms with Crippen LogP contribution in [0, 0.1) is 11.7 Å². The van der Waals surface area contributed by atoms with E-state index in [1.165, 1.54) is 18.9 Å². The summed E-state index contributed by atoms with van der Waals surface area (Å²) in [4.78, 5) is 0. The average Bonchev–Trinajstić information content (AvgIpc) is 2.34. The topological polar surface area (TPSA) is 12.0 Å². The van der Waals surface area contributed by atoms with Crippen LogP contribution in [0.4, 0.5) is 4.39 Å². The van der Waals surface area contributed by atoms with Crippen LogP contribution < -0.4 is 5.32 Å². The van der Waals surface area contributed by atoms with Gasteiger partial charge in [0.1, 0.15) is 5.82 Å². The van der Waals surface area contributed by atoms with Crippen molar-refractivity contribution in [3.8, 4) is 0 Å². The first-order valence-corrected chi connectivity index (χ1v) is 7.16. The van der Waals surface area contributed by atoms with Crippen LogP contribution in [-0.2, 0) is 0 Å².